The number of fused-ring (bicyclic) bond motifs is 1. The van der Waals surface area contributed by atoms with Gasteiger partial charge in [0, 0.05) is 35.6 Å². The summed E-state index contributed by atoms with van der Waals surface area (Å²) < 4.78 is 29.9. The predicted octanol–water partition coefficient (Wildman–Crippen LogP) is 3.00. The number of rotatable bonds is 11. The van der Waals surface area contributed by atoms with Gasteiger partial charge in [-0.3, -0.25) is 5.32 Å². The molecule has 0 amide bonds. The highest BCUT2D eigenvalue weighted by Gasteiger charge is 2.33. The van der Waals surface area contributed by atoms with Gasteiger partial charge in [-0.05, 0) is 37.6 Å². The molecule has 1 aliphatic heterocycles. The Hall–Kier alpha value is -2.82. The van der Waals surface area contributed by atoms with Crippen LogP contribution in [-0.4, -0.2) is 67.4 Å². The van der Waals surface area contributed by atoms with Gasteiger partial charge in [0.15, 0.2) is 17.3 Å². The number of aromatic nitrogens is 1. The lowest BCUT2D eigenvalue weighted by atomic mass is 10.1. The minimum atomic E-state index is -0.887. The molecule has 9 heteroatoms. The van der Waals surface area contributed by atoms with Gasteiger partial charge in [0.1, 0.15) is 12.3 Å². The van der Waals surface area contributed by atoms with Gasteiger partial charge >= 0.3 is 0 Å². The second-order valence-corrected chi connectivity index (χ2v) is 9.38. The van der Waals surface area contributed by atoms with Crippen LogP contribution in [0.2, 0.25) is 0 Å². The second-order valence-electron chi connectivity index (χ2n) is 9.38. The summed E-state index contributed by atoms with van der Waals surface area (Å²) in [5, 5.41) is 25.7. The van der Waals surface area contributed by atoms with Crippen LogP contribution in [0.4, 0.5) is 0 Å². The number of hydrogen-bond donors (Lipinski definition) is 3. The van der Waals surface area contributed by atoms with E-state index in [-0.39, 0.29) is 12.6 Å². The van der Waals surface area contributed by atoms with Gasteiger partial charge in [-0.25, -0.2) is 0 Å². The van der Waals surface area contributed by atoms with Gasteiger partial charge in [-0.2, -0.15) is 0 Å². The van der Waals surface area contributed by atoms with Crippen LogP contribution in [-0.2, 0) is 22.4 Å². The van der Waals surface area contributed by atoms with Crippen LogP contribution in [0.5, 0.6) is 17.2 Å². The van der Waals surface area contributed by atoms with E-state index in [1.165, 1.54) is 0 Å². The van der Waals surface area contributed by atoms with Crippen molar-refractivity contribution < 1.29 is 33.9 Å². The highest BCUT2D eigenvalue weighted by Crippen LogP contribution is 2.38. The number of nitrogens with one attached hydrogen (secondary N) is 1. The molecule has 36 heavy (non-hydrogen) atoms. The fraction of sp³-hybridized carbons (Fsp3) is 0.481. The van der Waals surface area contributed by atoms with E-state index in [1.54, 1.807) is 33.5 Å². The summed E-state index contributed by atoms with van der Waals surface area (Å²) in [5.41, 5.74) is 2.60. The number of benzene rings is 2. The lowest BCUT2D eigenvalue weighted by Crippen LogP contribution is -2.34. The second kappa shape index (κ2) is 11.1. The Bertz CT molecular complexity index is 1150. The molecular weight excluding hydrogens is 464 g/mol. The third-order valence-electron chi connectivity index (χ3n) is 6.35. The van der Waals surface area contributed by atoms with Crippen molar-refractivity contribution in [2.45, 2.75) is 51.0 Å². The number of methoxy groups -OCH3 is 3. The Balaban J connectivity index is 1.43. The first-order chi connectivity index (χ1) is 17.2. The van der Waals surface area contributed by atoms with Crippen molar-refractivity contribution in [3.05, 3.63) is 53.7 Å². The lowest BCUT2D eigenvalue weighted by Gasteiger charge is -2.18. The molecule has 0 bridgehead atoms. The maximum absolute atomic E-state index is 11.0. The number of ether oxygens (including phenoxy) is 5. The molecule has 2 heterocycles. The first kappa shape index (κ1) is 26.2. The number of hydrogen-bond acceptors (Lipinski definition) is 8. The smallest absolute Gasteiger partial charge is 0.203 e. The Morgan fingerprint density at radius 3 is 2.39 bits per heavy atom. The largest absolute Gasteiger partial charge is 0.493 e. The lowest BCUT2D eigenvalue weighted by molar-refractivity contribution is -0.139. The Morgan fingerprint density at radius 2 is 1.78 bits per heavy atom. The van der Waals surface area contributed by atoms with Gasteiger partial charge in [-0.15, -0.1) is 0 Å². The molecule has 196 valence electrons. The molecule has 3 N–H and O–H groups in total. The van der Waals surface area contributed by atoms with Crippen molar-refractivity contribution in [3.8, 4) is 17.2 Å². The average molecular weight is 501 g/mol. The predicted molar refractivity (Wildman–Crippen MR) is 136 cm³/mol. The third-order valence-corrected chi connectivity index (χ3v) is 6.35. The van der Waals surface area contributed by atoms with E-state index in [0.717, 1.165) is 22.0 Å². The monoisotopic (exact) mass is 500 g/mol. The van der Waals surface area contributed by atoms with Crippen molar-refractivity contribution in [2.75, 3.05) is 34.5 Å². The van der Waals surface area contributed by atoms with Gasteiger partial charge < -0.3 is 38.5 Å². The van der Waals surface area contributed by atoms with Crippen LogP contribution in [0, 0.1) is 0 Å². The molecule has 3 unspecified atom stereocenters. The van der Waals surface area contributed by atoms with Crippen LogP contribution in [0.25, 0.3) is 10.9 Å². The molecule has 1 aliphatic rings. The van der Waals surface area contributed by atoms with Crippen LogP contribution in [0.1, 0.15) is 31.1 Å². The van der Waals surface area contributed by atoms with E-state index in [4.69, 9.17) is 23.7 Å². The maximum atomic E-state index is 11.0. The molecule has 4 rings (SSSR count). The van der Waals surface area contributed by atoms with Crippen molar-refractivity contribution >= 4 is 10.9 Å². The molecular formula is C27H36N2O7. The zero-order valence-electron chi connectivity index (χ0n) is 21.5. The van der Waals surface area contributed by atoms with E-state index in [9.17, 15) is 10.2 Å². The summed E-state index contributed by atoms with van der Waals surface area (Å²) in [7, 11) is 4.65. The summed E-state index contributed by atoms with van der Waals surface area (Å²) in [6.45, 7) is 5.13. The molecule has 2 aromatic carbocycles. The molecule has 1 aromatic heterocycles. The van der Waals surface area contributed by atoms with Crippen molar-refractivity contribution in [3.63, 3.8) is 0 Å². The number of nitrogens with zero attached hydrogens (tertiary/aromatic N) is 1. The van der Waals surface area contributed by atoms with E-state index in [2.05, 4.69) is 9.88 Å². The number of aliphatic hydroxyl groups is 2. The van der Waals surface area contributed by atoms with Crippen molar-refractivity contribution in [1.29, 1.82) is 0 Å². The van der Waals surface area contributed by atoms with Crippen LogP contribution in [0.3, 0.4) is 0 Å². The van der Waals surface area contributed by atoms with Gasteiger partial charge in [0.25, 0.3) is 0 Å². The van der Waals surface area contributed by atoms with E-state index < -0.39 is 18.1 Å². The molecule has 1 saturated heterocycles. The molecule has 9 nitrogen and oxygen atoms in total. The minimum absolute atomic E-state index is 0.0702. The van der Waals surface area contributed by atoms with Crippen LogP contribution >= 0.6 is 0 Å². The zero-order chi connectivity index (χ0) is 25.9. The van der Waals surface area contributed by atoms with Crippen molar-refractivity contribution in [2.24, 2.45) is 0 Å². The molecule has 3 atom stereocenters. The first-order valence-corrected chi connectivity index (χ1v) is 12.0. The van der Waals surface area contributed by atoms with Gasteiger partial charge in [-0.1, -0.05) is 18.2 Å². The summed E-state index contributed by atoms with van der Waals surface area (Å²) in [5.74, 6) is 0.948. The SMILES string of the molecule is COc1cc(CC(O)NCC(O)c2cn(CC3COC(C)(C)O3)c3ccccc23)cc(OC)c1OC. The standard InChI is InChI=1S/C27H36N2O7/c1-27(2)35-16-18(36-27)14-29-15-20(19-8-6-7-9-21(19)29)22(30)13-28-25(31)12-17-10-23(32-3)26(34-5)24(11-17)33-4/h6-11,15,18,22,25,28,30-31H,12-14,16H2,1-5H3. The zero-order valence-corrected chi connectivity index (χ0v) is 21.5. The van der Waals surface area contributed by atoms with Gasteiger partial charge in [0.05, 0.1) is 40.6 Å². The molecule has 0 spiro atoms. The molecule has 1 fully saturated rings. The fourth-order valence-electron chi connectivity index (χ4n) is 4.67. The quantitative estimate of drug-likeness (QED) is 0.345. The highest BCUT2D eigenvalue weighted by atomic mass is 16.7. The molecule has 0 saturated carbocycles. The normalized spacial score (nSPS) is 18.8. The summed E-state index contributed by atoms with van der Waals surface area (Å²) in [6.07, 6.45) is 0.473. The summed E-state index contributed by atoms with van der Waals surface area (Å²) in [6, 6.07) is 11.5. The molecule has 3 aromatic rings. The summed E-state index contributed by atoms with van der Waals surface area (Å²) >= 11 is 0. The Kier molecular flexibility index (Phi) is 8.07. The Morgan fingerprint density at radius 1 is 1.08 bits per heavy atom. The van der Waals surface area contributed by atoms with E-state index in [1.807, 2.05) is 44.3 Å². The van der Waals surface area contributed by atoms with E-state index in [0.29, 0.717) is 36.8 Å². The highest BCUT2D eigenvalue weighted by molar-refractivity contribution is 5.84. The van der Waals surface area contributed by atoms with Crippen LogP contribution in [0.15, 0.2) is 42.6 Å². The maximum Gasteiger partial charge on any atom is 0.203 e. The fourth-order valence-corrected chi connectivity index (χ4v) is 4.67. The first-order valence-electron chi connectivity index (χ1n) is 12.0. The molecule has 0 radical (unpaired) electrons. The molecule has 0 aliphatic carbocycles. The van der Waals surface area contributed by atoms with E-state index >= 15 is 0 Å². The topological polar surface area (TPSA) is 104 Å². The Labute approximate surface area is 211 Å². The van der Waals surface area contributed by atoms with Crippen molar-refractivity contribution in [1.82, 2.24) is 9.88 Å². The van der Waals surface area contributed by atoms with Crippen LogP contribution < -0.4 is 19.5 Å². The minimum Gasteiger partial charge on any atom is -0.493 e. The summed E-state index contributed by atoms with van der Waals surface area (Å²) in [4.78, 5) is 0. The third kappa shape index (κ3) is 5.77. The number of aliphatic hydroxyl groups excluding tert-OH is 2. The van der Waals surface area contributed by atoms with Gasteiger partial charge in [0.2, 0.25) is 5.75 Å². The number of para-hydroxylation sites is 1. The average Bonchev–Trinajstić information content (AvgIpc) is 3.41.